The van der Waals surface area contributed by atoms with Crippen LogP contribution in [0, 0.1) is 25.2 Å². The number of aromatic nitrogens is 3. The highest BCUT2D eigenvalue weighted by atomic mass is 19.4. The number of alkyl halides is 12. The van der Waals surface area contributed by atoms with Crippen LogP contribution < -0.4 is 0 Å². The second-order valence-corrected chi connectivity index (χ2v) is 13.2. The summed E-state index contributed by atoms with van der Waals surface area (Å²) in [5.74, 6) is 0.290. The lowest BCUT2D eigenvalue weighted by atomic mass is 9.96. The smallest absolute Gasteiger partial charge is 0.308 e. The first-order valence-corrected chi connectivity index (χ1v) is 16.6. The minimum Gasteiger partial charge on any atom is -0.308 e. The summed E-state index contributed by atoms with van der Waals surface area (Å²) < 4.78 is 168. The summed E-state index contributed by atoms with van der Waals surface area (Å²) >= 11 is 0. The summed E-state index contributed by atoms with van der Waals surface area (Å²) in [4.78, 5) is 8.94. The predicted octanol–water partition coefficient (Wildman–Crippen LogP) is 13.1. The van der Waals surface area contributed by atoms with Crippen molar-refractivity contribution < 1.29 is 52.7 Å². The molecular weight excluding hydrogens is 776 g/mol. The molecule has 0 spiro atoms. The van der Waals surface area contributed by atoms with E-state index < -0.39 is 58.1 Å². The van der Waals surface area contributed by atoms with E-state index in [4.69, 9.17) is 0 Å². The van der Waals surface area contributed by atoms with Gasteiger partial charge in [-0.25, -0.2) is 9.97 Å². The van der Waals surface area contributed by atoms with Gasteiger partial charge < -0.3 is 4.57 Å². The Labute approximate surface area is 314 Å². The van der Waals surface area contributed by atoms with Crippen molar-refractivity contribution >= 4 is 21.8 Å². The normalized spacial score (nSPS) is 12.7. The first-order chi connectivity index (χ1) is 26.5. The first kappa shape index (κ1) is 38.9. The number of hydrogen-bond donors (Lipinski definition) is 0. The number of fused-ring (bicyclic) bond motifs is 3. The zero-order valence-electron chi connectivity index (χ0n) is 29.1. The lowest BCUT2D eigenvalue weighted by molar-refractivity contribution is -0.144. The summed E-state index contributed by atoms with van der Waals surface area (Å²) in [6.07, 6.45) is -20.7. The zero-order chi connectivity index (χ0) is 41.4. The third kappa shape index (κ3) is 7.49. The molecule has 7 rings (SSSR count). The highest BCUT2D eigenvalue weighted by Crippen LogP contribution is 2.43. The van der Waals surface area contributed by atoms with Gasteiger partial charge in [0.2, 0.25) is 0 Å². The van der Waals surface area contributed by atoms with Crippen LogP contribution in [0.5, 0.6) is 0 Å². The minimum absolute atomic E-state index is 0.0275. The van der Waals surface area contributed by atoms with Crippen molar-refractivity contribution in [3.8, 4) is 45.4 Å². The molecular formula is C41H22F12N4. The van der Waals surface area contributed by atoms with Gasteiger partial charge in [-0.3, -0.25) is 0 Å². The Morgan fingerprint density at radius 3 is 1.21 bits per heavy atom. The molecule has 2 aromatic heterocycles. The van der Waals surface area contributed by atoms with Gasteiger partial charge in [-0.2, -0.15) is 57.9 Å². The van der Waals surface area contributed by atoms with E-state index in [-0.39, 0.29) is 56.3 Å². The third-order valence-corrected chi connectivity index (χ3v) is 9.21. The Morgan fingerprint density at radius 1 is 0.456 bits per heavy atom. The maximum absolute atomic E-state index is 13.8. The van der Waals surface area contributed by atoms with Gasteiger partial charge in [0.25, 0.3) is 0 Å². The Hall–Kier alpha value is -6.37. The maximum atomic E-state index is 13.8. The van der Waals surface area contributed by atoms with E-state index in [0.29, 0.717) is 47.0 Å². The van der Waals surface area contributed by atoms with Crippen molar-refractivity contribution in [2.45, 2.75) is 38.6 Å². The van der Waals surface area contributed by atoms with Crippen LogP contribution in [0.1, 0.15) is 39.2 Å². The van der Waals surface area contributed by atoms with Gasteiger partial charge in [0.1, 0.15) is 6.07 Å². The number of hydrogen-bond acceptors (Lipinski definition) is 3. The largest absolute Gasteiger partial charge is 0.416 e. The molecule has 16 heteroatoms. The average molecular weight is 799 g/mol. The molecule has 0 radical (unpaired) electrons. The number of halogens is 12. The van der Waals surface area contributed by atoms with Crippen LogP contribution in [0.2, 0.25) is 0 Å². The predicted molar refractivity (Wildman–Crippen MR) is 187 cm³/mol. The fourth-order valence-electron chi connectivity index (χ4n) is 6.69. The van der Waals surface area contributed by atoms with Crippen LogP contribution in [0.3, 0.4) is 0 Å². The second kappa shape index (κ2) is 13.4. The number of benzene rings is 5. The van der Waals surface area contributed by atoms with Crippen LogP contribution in [0.25, 0.3) is 61.1 Å². The molecule has 0 aliphatic rings. The Kier molecular flexibility index (Phi) is 9.13. The van der Waals surface area contributed by atoms with Crippen molar-refractivity contribution in [3.05, 3.63) is 136 Å². The molecule has 0 aliphatic heterocycles. The molecule has 0 saturated carbocycles. The number of aryl methyl sites for hydroxylation is 2. The standard InChI is InChI=1S/C41H22F12N4/c1-20-9-21(2)56-37(55-20)24-3-4-25(19-54)36(16-24)57-34-7-5-22(26-10-28(38(42,43)44)17-29(11-26)39(45,46)47)14-32(34)33-15-23(6-8-35(33)57)27-12-30(40(48,49)50)18-31(13-27)41(51,52)53/h3-18H,1-2H3. The van der Waals surface area contributed by atoms with E-state index in [2.05, 4.69) is 16.0 Å². The molecule has 290 valence electrons. The molecule has 0 atom stereocenters. The molecule has 4 nitrogen and oxygen atoms in total. The lowest BCUT2D eigenvalue weighted by Crippen LogP contribution is -2.11. The van der Waals surface area contributed by atoms with E-state index in [0.717, 1.165) is 0 Å². The second-order valence-electron chi connectivity index (χ2n) is 13.2. The SMILES string of the molecule is Cc1cc(C)nc(-c2ccc(C#N)c(-n3c4ccc(-c5cc(C(F)(F)F)cc(C(F)(F)F)c5)cc4c4cc(-c5cc(C(F)(F)F)cc(C(F)(F)F)c5)ccc43)c2)n1. The Morgan fingerprint density at radius 2 is 0.842 bits per heavy atom. The monoisotopic (exact) mass is 798 g/mol. The van der Waals surface area contributed by atoms with Crippen LogP contribution >= 0.6 is 0 Å². The molecule has 0 aliphatic carbocycles. The molecule has 2 heterocycles. The quantitative estimate of drug-likeness (QED) is 0.167. The zero-order valence-corrected chi connectivity index (χ0v) is 29.1. The highest BCUT2D eigenvalue weighted by Gasteiger charge is 2.38. The molecule has 57 heavy (non-hydrogen) atoms. The summed E-state index contributed by atoms with van der Waals surface area (Å²) in [5, 5.41) is 10.5. The summed E-state index contributed by atoms with van der Waals surface area (Å²) in [7, 11) is 0. The first-order valence-electron chi connectivity index (χ1n) is 16.6. The molecule has 0 amide bonds. The van der Waals surface area contributed by atoms with E-state index in [1.54, 1.807) is 36.6 Å². The van der Waals surface area contributed by atoms with Crippen molar-refractivity contribution in [3.63, 3.8) is 0 Å². The van der Waals surface area contributed by atoms with Crippen molar-refractivity contribution in [2.75, 3.05) is 0 Å². The molecule has 0 bridgehead atoms. The van der Waals surface area contributed by atoms with Crippen molar-refractivity contribution in [2.24, 2.45) is 0 Å². The number of nitrogens with zero attached hydrogens (tertiary/aromatic N) is 4. The number of nitriles is 1. The lowest BCUT2D eigenvalue weighted by Gasteiger charge is -2.15. The fraction of sp³-hybridized carbons (Fsp3) is 0.146. The molecule has 0 saturated heterocycles. The van der Waals surface area contributed by atoms with Crippen LogP contribution in [0.15, 0.2) is 97.1 Å². The summed E-state index contributed by atoms with van der Waals surface area (Å²) in [6.45, 7) is 3.49. The van der Waals surface area contributed by atoms with Crippen molar-refractivity contribution in [1.29, 1.82) is 5.26 Å². The van der Waals surface area contributed by atoms with Gasteiger partial charge in [-0.1, -0.05) is 12.1 Å². The van der Waals surface area contributed by atoms with E-state index in [1.165, 1.54) is 42.5 Å². The maximum Gasteiger partial charge on any atom is 0.416 e. The van der Waals surface area contributed by atoms with Gasteiger partial charge in [0, 0.05) is 27.7 Å². The summed E-state index contributed by atoms with van der Waals surface area (Å²) in [6, 6.07) is 18.4. The molecule has 0 unspecified atom stereocenters. The van der Waals surface area contributed by atoms with Gasteiger partial charge in [-0.15, -0.1) is 0 Å². The fourth-order valence-corrected chi connectivity index (χ4v) is 6.69. The van der Waals surface area contributed by atoms with Crippen LogP contribution in [-0.2, 0) is 24.7 Å². The molecule has 0 fully saturated rings. The Bertz CT molecular complexity index is 2560. The van der Waals surface area contributed by atoms with Gasteiger partial charge >= 0.3 is 24.7 Å². The van der Waals surface area contributed by atoms with Gasteiger partial charge in [0.15, 0.2) is 5.82 Å². The highest BCUT2D eigenvalue weighted by molar-refractivity contribution is 6.12. The van der Waals surface area contributed by atoms with Gasteiger partial charge in [0.05, 0.1) is 44.5 Å². The van der Waals surface area contributed by atoms with E-state index in [1.807, 2.05) is 0 Å². The topological polar surface area (TPSA) is 54.5 Å². The Balaban J connectivity index is 1.55. The van der Waals surface area contributed by atoms with Gasteiger partial charge in [-0.05, 0) is 121 Å². The summed E-state index contributed by atoms with van der Waals surface area (Å²) in [5.41, 5.74) is -5.01. The average Bonchev–Trinajstić information content (AvgIpc) is 3.45. The third-order valence-electron chi connectivity index (χ3n) is 9.21. The molecule has 5 aromatic carbocycles. The molecule has 0 N–H and O–H groups in total. The van der Waals surface area contributed by atoms with Crippen LogP contribution in [-0.4, -0.2) is 14.5 Å². The van der Waals surface area contributed by atoms with Crippen molar-refractivity contribution in [1.82, 2.24) is 14.5 Å². The minimum atomic E-state index is -5.16. The van der Waals surface area contributed by atoms with E-state index in [9.17, 15) is 57.9 Å². The van der Waals surface area contributed by atoms with E-state index >= 15 is 0 Å². The molecule has 7 aromatic rings. The van der Waals surface area contributed by atoms with Crippen LogP contribution in [0.4, 0.5) is 52.7 Å². The number of rotatable bonds is 4.